The third-order valence-electron chi connectivity index (χ3n) is 5.18. The van der Waals surface area contributed by atoms with Crippen molar-refractivity contribution in [3.8, 4) is 0 Å². The van der Waals surface area contributed by atoms with Gasteiger partial charge in [0.25, 0.3) is 10.0 Å². The number of hydrogen-bond donors (Lipinski definition) is 2. The highest BCUT2D eigenvalue weighted by Crippen LogP contribution is 2.23. The summed E-state index contributed by atoms with van der Waals surface area (Å²) in [7, 11) is -3.64. The standard InChI is InChI=1S/C22H25N5O3S/c1-2-3-9-18(25-21-17-8-4-5-10-19(17)31(29,30)26-21)22(28)23-13-12-16-15-27-14-7-6-11-20(27)24-16/h4-8,10-11,14-15,18H,2-3,9,12-13H2,1H3,(H,23,28)(H,25,26)/t18-/m1/s1. The molecule has 0 saturated carbocycles. The number of nitrogens with one attached hydrogen (secondary N) is 2. The van der Waals surface area contributed by atoms with Gasteiger partial charge in [-0.05, 0) is 30.7 Å². The van der Waals surface area contributed by atoms with Crippen molar-refractivity contribution in [1.82, 2.24) is 19.4 Å². The third-order valence-corrected chi connectivity index (χ3v) is 6.57. The fourth-order valence-corrected chi connectivity index (χ4v) is 4.82. The molecule has 2 N–H and O–H groups in total. The number of pyridine rings is 1. The molecule has 0 bridgehead atoms. The Morgan fingerprint density at radius 2 is 2.03 bits per heavy atom. The van der Waals surface area contributed by atoms with Gasteiger partial charge in [0, 0.05) is 30.9 Å². The van der Waals surface area contributed by atoms with E-state index in [0.29, 0.717) is 24.9 Å². The SMILES string of the molecule is CCCC[C@@H](N=C1NS(=O)(=O)c2ccccc21)C(=O)NCCc1cn2ccccc2n1. The predicted octanol–water partition coefficient (Wildman–Crippen LogP) is 2.29. The van der Waals surface area contributed by atoms with Crippen LogP contribution >= 0.6 is 0 Å². The van der Waals surface area contributed by atoms with Crippen molar-refractivity contribution in [2.75, 3.05) is 6.54 Å². The molecule has 1 aliphatic heterocycles. The molecule has 0 saturated heterocycles. The van der Waals surface area contributed by atoms with Gasteiger partial charge in [0.2, 0.25) is 5.91 Å². The Morgan fingerprint density at radius 3 is 2.84 bits per heavy atom. The molecule has 0 radical (unpaired) electrons. The van der Waals surface area contributed by atoms with Crippen LogP contribution in [0.1, 0.15) is 37.4 Å². The number of imidazole rings is 1. The highest BCUT2D eigenvalue weighted by molar-refractivity contribution is 7.90. The normalized spacial score (nSPS) is 16.7. The molecule has 0 unspecified atom stereocenters. The molecular weight excluding hydrogens is 414 g/mol. The Morgan fingerprint density at radius 1 is 1.23 bits per heavy atom. The second-order valence-electron chi connectivity index (χ2n) is 7.48. The Labute approximate surface area is 181 Å². The van der Waals surface area contributed by atoms with Crippen LogP contribution in [0.5, 0.6) is 0 Å². The van der Waals surface area contributed by atoms with E-state index < -0.39 is 16.1 Å². The highest BCUT2D eigenvalue weighted by atomic mass is 32.2. The predicted molar refractivity (Wildman–Crippen MR) is 119 cm³/mol. The first kappa shape index (κ1) is 21.0. The molecule has 0 fully saturated rings. The van der Waals surface area contributed by atoms with Crippen LogP contribution in [0.4, 0.5) is 0 Å². The number of sulfonamides is 1. The first-order chi connectivity index (χ1) is 15.0. The molecule has 1 atom stereocenters. The average Bonchev–Trinajstić information content (AvgIpc) is 3.29. The first-order valence-corrected chi connectivity index (χ1v) is 11.9. The zero-order valence-electron chi connectivity index (χ0n) is 17.3. The second kappa shape index (κ2) is 8.89. The number of unbranched alkanes of at least 4 members (excludes halogenated alkanes) is 1. The molecule has 8 nitrogen and oxygen atoms in total. The minimum Gasteiger partial charge on any atom is -0.354 e. The average molecular weight is 440 g/mol. The van der Waals surface area contributed by atoms with Crippen molar-refractivity contribution >= 4 is 27.4 Å². The lowest BCUT2D eigenvalue weighted by atomic mass is 10.1. The van der Waals surface area contributed by atoms with E-state index in [1.54, 1.807) is 18.2 Å². The lowest BCUT2D eigenvalue weighted by Gasteiger charge is -2.13. The zero-order chi connectivity index (χ0) is 21.8. The number of fused-ring (bicyclic) bond motifs is 2. The smallest absolute Gasteiger partial charge is 0.263 e. The number of carbonyl (C=O) groups excluding carboxylic acids is 1. The maximum absolute atomic E-state index is 12.9. The number of carbonyl (C=O) groups is 1. The van der Waals surface area contributed by atoms with Crippen molar-refractivity contribution in [3.05, 3.63) is 66.1 Å². The van der Waals surface area contributed by atoms with Crippen LogP contribution in [-0.2, 0) is 21.2 Å². The Bertz CT molecular complexity index is 1200. The van der Waals surface area contributed by atoms with E-state index in [4.69, 9.17) is 0 Å². The number of hydrogen-bond acceptors (Lipinski definition) is 5. The van der Waals surface area contributed by atoms with Gasteiger partial charge in [-0.15, -0.1) is 0 Å². The second-order valence-corrected chi connectivity index (χ2v) is 9.13. The fourth-order valence-electron chi connectivity index (χ4n) is 3.58. The van der Waals surface area contributed by atoms with Crippen LogP contribution in [0.2, 0.25) is 0 Å². The molecule has 1 aromatic carbocycles. The van der Waals surface area contributed by atoms with Crippen molar-refractivity contribution in [3.63, 3.8) is 0 Å². The van der Waals surface area contributed by atoms with Gasteiger partial charge in [-0.25, -0.2) is 13.4 Å². The number of nitrogens with zero attached hydrogens (tertiary/aromatic N) is 3. The van der Waals surface area contributed by atoms with Crippen LogP contribution in [-0.4, -0.2) is 42.1 Å². The summed E-state index contributed by atoms with van der Waals surface area (Å²) in [6.07, 6.45) is 6.75. The van der Waals surface area contributed by atoms with Crippen LogP contribution in [0.15, 0.2) is 64.7 Å². The number of amidine groups is 1. The molecule has 1 amide bonds. The first-order valence-electron chi connectivity index (χ1n) is 10.4. The summed E-state index contributed by atoms with van der Waals surface area (Å²) in [5.41, 5.74) is 2.25. The summed E-state index contributed by atoms with van der Waals surface area (Å²) in [6.45, 7) is 2.47. The Balaban J connectivity index is 1.46. The van der Waals surface area contributed by atoms with Crippen molar-refractivity contribution in [2.45, 2.75) is 43.5 Å². The molecule has 3 heterocycles. The Kier molecular flexibility index (Phi) is 6.03. The number of benzene rings is 1. The van der Waals surface area contributed by atoms with Gasteiger partial charge in [-0.2, -0.15) is 0 Å². The molecule has 4 rings (SSSR count). The number of aliphatic imine (C=N–C) groups is 1. The minimum absolute atomic E-state index is 0.190. The fraction of sp³-hybridized carbons (Fsp3) is 0.318. The molecule has 31 heavy (non-hydrogen) atoms. The van der Waals surface area contributed by atoms with Gasteiger partial charge in [-0.3, -0.25) is 14.5 Å². The Hall–Kier alpha value is -3.20. The van der Waals surface area contributed by atoms with Gasteiger partial charge < -0.3 is 9.72 Å². The van der Waals surface area contributed by atoms with E-state index in [-0.39, 0.29) is 16.6 Å². The molecule has 0 aliphatic carbocycles. The summed E-state index contributed by atoms with van der Waals surface area (Å²) in [5, 5.41) is 2.93. The summed E-state index contributed by atoms with van der Waals surface area (Å²) < 4.78 is 29.1. The quantitative estimate of drug-likeness (QED) is 0.562. The van der Waals surface area contributed by atoms with E-state index in [1.165, 1.54) is 6.07 Å². The topological polar surface area (TPSA) is 105 Å². The van der Waals surface area contributed by atoms with E-state index in [9.17, 15) is 13.2 Å². The largest absolute Gasteiger partial charge is 0.354 e. The van der Waals surface area contributed by atoms with Gasteiger partial charge >= 0.3 is 0 Å². The summed E-state index contributed by atoms with van der Waals surface area (Å²) in [4.78, 5) is 22.1. The van der Waals surface area contributed by atoms with E-state index in [0.717, 1.165) is 24.2 Å². The summed E-state index contributed by atoms with van der Waals surface area (Å²) in [6, 6.07) is 11.8. The lowest BCUT2D eigenvalue weighted by molar-refractivity contribution is -0.122. The molecule has 9 heteroatoms. The van der Waals surface area contributed by atoms with Crippen LogP contribution < -0.4 is 10.0 Å². The molecule has 162 valence electrons. The van der Waals surface area contributed by atoms with E-state index in [2.05, 4.69) is 20.0 Å². The summed E-state index contributed by atoms with van der Waals surface area (Å²) in [5.74, 6) is 0.0143. The number of amides is 1. The van der Waals surface area contributed by atoms with Gasteiger partial charge in [0.1, 0.15) is 17.5 Å². The zero-order valence-corrected chi connectivity index (χ0v) is 18.1. The van der Waals surface area contributed by atoms with Crippen LogP contribution in [0, 0.1) is 0 Å². The summed E-state index contributed by atoms with van der Waals surface area (Å²) >= 11 is 0. The number of aromatic nitrogens is 2. The van der Waals surface area contributed by atoms with Gasteiger partial charge in [-0.1, -0.05) is 38.0 Å². The van der Waals surface area contributed by atoms with Gasteiger partial charge in [0.05, 0.1) is 10.6 Å². The number of rotatable bonds is 8. The molecule has 2 aromatic heterocycles. The van der Waals surface area contributed by atoms with Crippen LogP contribution in [0.3, 0.4) is 0 Å². The maximum Gasteiger partial charge on any atom is 0.263 e. The van der Waals surface area contributed by atoms with E-state index in [1.807, 2.05) is 41.9 Å². The van der Waals surface area contributed by atoms with Gasteiger partial charge in [0.15, 0.2) is 0 Å². The molecular formula is C22H25N5O3S. The minimum atomic E-state index is -3.64. The monoisotopic (exact) mass is 439 g/mol. The molecule has 3 aromatic rings. The van der Waals surface area contributed by atoms with Crippen LogP contribution in [0.25, 0.3) is 5.65 Å². The third kappa shape index (κ3) is 4.61. The van der Waals surface area contributed by atoms with Crippen molar-refractivity contribution in [2.24, 2.45) is 4.99 Å². The molecule has 1 aliphatic rings. The lowest BCUT2D eigenvalue weighted by Crippen LogP contribution is -2.36. The van der Waals surface area contributed by atoms with Crippen molar-refractivity contribution in [1.29, 1.82) is 0 Å². The van der Waals surface area contributed by atoms with E-state index >= 15 is 0 Å². The maximum atomic E-state index is 12.9. The molecule has 0 spiro atoms. The van der Waals surface area contributed by atoms with Crippen molar-refractivity contribution < 1.29 is 13.2 Å². The highest BCUT2D eigenvalue weighted by Gasteiger charge is 2.31.